The average molecular weight is 246 g/mol. The molecule has 0 amide bonds. The van der Waals surface area contributed by atoms with Crippen LogP contribution in [0.3, 0.4) is 0 Å². The molecule has 0 heterocycles. The summed E-state index contributed by atoms with van der Waals surface area (Å²) in [7, 11) is 1.37. The Balaban J connectivity index is 3.08. The van der Waals surface area contributed by atoms with Gasteiger partial charge in [0.05, 0.1) is 18.4 Å². The maximum absolute atomic E-state index is 11.4. The topological polar surface area (TPSA) is 53.3 Å². The maximum atomic E-state index is 11.4. The van der Waals surface area contributed by atoms with Crippen molar-refractivity contribution in [2.75, 3.05) is 25.1 Å². The molecule has 0 aliphatic carbocycles. The molecule has 0 unspecified atom stereocenters. The number of ether oxygens (including phenoxy) is 1. The SMILES string of the molecule is CCCN(CC(=O)OC)c1cc(C)ccc1C#N. The molecule has 0 aliphatic heterocycles. The average Bonchev–Trinajstić information content (AvgIpc) is 2.38. The van der Waals surface area contributed by atoms with Gasteiger partial charge in [-0.15, -0.1) is 0 Å². The Hall–Kier alpha value is -2.02. The van der Waals surface area contributed by atoms with E-state index < -0.39 is 0 Å². The molecule has 0 N–H and O–H groups in total. The van der Waals surface area contributed by atoms with Crippen molar-refractivity contribution in [1.82, 2.24) is 0 Å². The summed E-state index contributed by atoms with van der Waals surface area (Å²) >= 11 is 0. The van der Waals surface area contributed by atoms with E-state index in [1.54, 1.807) is 6.07 Å². The van der Waals surface area contributed by atoms with Crippen LogP contribution in [-0.4, -0.2) is 26.2 Å². The third kappa shape index (κ3) is 3.49. The van der Waals surface area contributed by atoms with Crippen LogP contribution in [-0.2, 0) is 9.53 Å². The zero-order valence-corrected chi connectivity index (χ0v) is 11.1. The molecular weight excluding hydrogens is 228 g/mol. The van der Waals surface area contributed by atoms with Gasteiger partial charge in [0, 0.05) is 6.54 Å². The second-order valence-electron chi connectivity index (χ2n) is 4.13. The van der Waals surface area contributed by atoms with Crippen molar-refractivity contribution < 1.29 is 9.53 Å². The number of anilines is 1. The summed E-state index contributed by atoms with van der Waals surface area (Å²) in [5.41, 5.74) is 2.44. The Labute approximate surface area is 108 Å². The highest BCUT2D eigenvalue weighted by Crippen LogP contribution is 2.22. The monoisotopic (exact) mass is 246 g/mol. The van der Waals surface area contributed by atoms with Crippen LogP contribution < -0.4 is 4.90 Å². The fourth-order valence-corrected chi connectivity index (χ4v) is 1.77. The Bertz CT molecular complexity index is 463. The van der Waals surface area contributed by atoms with Crippen LogP contribution in [0.1, 0.15) is 24.5 Å². The van der Waals surface area contributed by atoms with Gasteiger partial charge in [-0.3, -0.25) is 4.79 Å². The molecule has 18 heavy (non-hydrogen) atoms. The normalized spacial score (nSPS) is 9.67. The molecule has 0 bridgehead atoms. The predicted molar refractivity (Wildman–Crippen MR) is 70.4 cm³/mol. The molecule has 1 aromatic carbocycles. The van der Waals surface area contributed by atoms with Gasteiger partial charge in [0.15, 0.2) is 0 Å². The van der Waals surface area contributed by atoms with Gasteiger partial charge < -0.3 is 9.64 Å². The van der Waals surface area contributed by atoms with Gasteiger partial charge in [-0.2, -0.15) is 5.26 Å². The van der Waals surface area contributed by atoms with Crippen LogP contribution in [0, 0.1) is 18.3 Å². The molecule has 4 heteroatoms. The number of carbonyl (C=O) groups excluding carboxylic acids is 1. The van der Waals surface area contributed by atoms with Crippen molar-refractivity contribution in [3.8, 4) is 6.07 Å². The molecule has 0 saturated carbocycles. The molecule has 1 rings (SSSR count). The molecule has 1 aromatic rings. The van der Waals surface area contributed by atoms with Gasteiger partial charge in [-0.1, -0.05) is 13.0 Å². The number of hydrogen-bond acceptors (Lipinski definition) is 4. The van der Waals surface area contributed by atoms with E-state index in [9.17, 15) is 4.79 Å². The Kier molecular flexibility index (Phi) is 5.19. The van der Waals surface area contributed by atoms with E-state index >= 15 is 0 Å². The van der Waals surface area contributed by atoms with E-state index in [0.717, 1.165) is 17.7 Å². The number of rotatable bonds is 5. The van der Waals surface area contributed by atoms with Crippen molar-refractivity contribution in [3.63, 3.8) is 0 Å². The van der Waals surface area contributed by atoms with E-state index in [1.807, 2.05) is 30.9 Å². The second kappa shape index (κ2) is 6.65. The maximum Gasteiger partial charge on any atom is 0.325 e. The summed E-state index contributed by atoms with van der Waals surface area (Å²) in [6, 6.07) is 7.76. The lowest BCUT2D eigenvalue weighted by molar-refractivity contribution is -0.138. The minimum absolute atomic E-state index is 0.169. The van der Waals surface area contributed by atoms with E-state index in [4.69, 9.17) is 5.26 Å². The molecule has 0 aromatic heterocycles. The largest absolute Gasteiger partial charge is 0.468 e. The number of nitrogens with zero attached hydrogens (tertiary/aromatic N) is 2. The number of carbonyl (C=O) groups is 1. The summed E-state index contributed by atoms with van der Waals surface area (Å²) in [4.78, 5) is 13.3. The Morgan fingerprint density at radius 1 is 1.50 bits per heavy atom. The van der Waals surface area contributed by atoms with Gasteiger partial charge in [0.1, 0.15) is 12.6 Å². The summed E-state index contributed by atoms with van der Waals surface area (Å²) in [6.45, 7) is 4.88. The number of aryl methyl sites for hydroxylation is 1. The van der Waals surface area contributed by atoms with Gasteiger partial charge in [-0.05, 0) is 31.0 Å². The minimum atomic E-state index is -0.297. The molecular formula is C14H18N2O2. The molecule has 0 radical (unpaired) electrons. The lowest BCUT2D eigenvalue weighted by Gasteiger charge is -2.24. The summed E-state index contributed by atoms with van der Waals surface area (Å²) in [6.07, 6.45) is 0.899. The standard InChI is InChI=1S/C14H18N2O2/c1-4-7-16(10-14(17)18-3)13-8-11(2)5-6-12(13)9-15/h5-6,8H,4,7,10H2,1-3H3. The lowest BCUT2D eigenvalue weighted by atomic mass is 10.1. The quantitative estimate of drug-likeness (QED) is 0.748. The molecule has 0 saturated heterocycles. The van der Waals surface area contributed by atoms with E-state index in [2.05, 4.69) is 10.8 Å². The number of benzene rings is 1. The van der Waals surface area contributed by atoms with Crippen LogP contribution in [0.25, 0.3) is 0 Å². The lowest BCUT2D eigenvalue weighted by Crippen LogP contribution is -2.31. The number of methoxy groups -OCH3 is 1. The Morgan fingerprint density at radius 3 is 2.78 bits per heavy atom. The Morgan fingerprint density at radius 2 is 2.22 bits per heavy atom. The molecule has 4 nitrogen and oxygen atoms in total. The summed E-state index contributed by atoms with van der Waals surface area (Å²) in [5.74, 6) is -0.297. The summed E-state index contributed by atoms with van der Waals surface area (Å²) in [5, 5.41) is 9.12. The van der Waals surface area contributed by atoms with Crippen molar-refractivity contribution in [2.24, 2.45) is 0 Å². The highest BCUT2D eigenvalue weighted by atomic mass is 16.5. The zero-order valence-electron chi connectivity index (χ0n) is 11.1. The van der Waals surface area contributed by atoms with Crippen molar-refractivity contribution in [3.05, 3.63) is 29.3 Å². The van der Waals surface area contributed by atoms with Crippen LogP contribution in [0.4, 0.5) is 5.69 Å². The number of hydrogen-bond donors (Lipinski definition) is 0. The van der Waals surface area contributed by atoms with Crippen molar-refractivity contribution in [2.45, 2.75) is 20.3 Å². The predicted octanol–water partition coefficient (Wildman–Crippen LogP) is 2.26. The molecule has 96 valence electrons. The third-order valence-corrected chi connectivity index (χ3v) is 2.66. The summed E-state index contributed by atoms with van der Waals surface area (Å²) < 4.78 is 4.69. The van der Waals surface area contributed by atoms with Crippen LogP contribution in [0.5, 0.6) is 0 Å². The first-order valence-corrected chi connectivity index (χ1v) is 5.94. The van der Waals surface area contributed by atoms with Crippen molar-refractivity contribution >= 4 is 11.7 Å². The van der Waals surface area contributed by atoms with Crippen LogP contribution in [0.2, 0.25) is 0 Å². The smallest absolute Gasteiger partial charge is 0.325 e. The first-order chi connectivity index (χ1) is 8.62. The molecule has 0 aliphatic rings. The second-order valence-corrected chi connectivity index (χ2v) is 4.13. The van der Waals surface area contributed by atoms with Crippen molar-refractivity contribution in [1.29, 1.82) is 5.26 Å². The highest BCUT2D eigenvalue weighted by molar-refractivity contribution is 5.77. The third-order valence-electron chi connectivity index (χ3n) is 2.66. The number of nitriles is 1. The van der Waals surface area contributed by atoms with E-state index in [0.29, 0.717) is 12.1 Å². The van der Waals surface area contributed by atoms with Crippen LogP contribution >= 0.6 is 0 Å². The van der Waals surface area contributed by atoms with E-state index in [-0.39, 0.29) is 12.5 Å². The minimum Gasteiger partial charge on any atom is -0.468 e. The van der Waals surface area contributed by atoms with Gasteiger partial charge >= 0.3 is 5.97 Å². The molecule has 0 spiro atoms. The fourth-order valence-electron chi connectivity index (χ4n) is 1.77. The number of esters is 1. The highest BCUT2D eigenvalue weighted by Gasteiger charge is 2.14. The van der Waals surface area contributed by atoms with Gasteiger partial charge in [0.2, 0.25) is 0 Å². The van der Waals surface area contributed by atoms with Gasteiger partial charge in [0.25, 0.3) is 0 Å². The van der Waals surface area contributed by atoms with E-state index in [1.165, 1.54) is 7.11 Å². The first-order valence-electron chi connectivity index (χ1n) is 5.94. The molecule has 0 fully saturated rings. The first kappa shape index (κ1) is 14.0. The molecule has 0 atom stereocenters. The fraction of sp³-hybridized carbons (Fsp3) is 0.429. The van der Waals surface area contributed by atoms with Crippen LogP contribution in [0.15, 0.2) is 18.2 Å². The zero-order chi connectivity index (χ0) is 13.5. The van der Waals surface area contributed by atoms with Gasteiger partial charge in [-0.25, -0.2) is 0 Å².